The number of ether oxygens (including phenoxy) is 2. The lowest BCUT2D eigenvalue weighted by Crippen LogP contribution is -2.47. The van der Waals surface area contributed by atoms with Gasteiger partial charge in [-0.05, 0) is 29.1 Å². The van der Waals surface area contributed by atoms with E-state index in [1.165, 1.54) is 23.1 Å². The normalized spacial score (nSPS) is 16.0. The number of carbonyl (C=O) groups is 3. The van der Waals surface area contributed by atoms with Crippen LogP contribution in [0.3, 0.4) is 0 Å². The number of hydrogen-bond acceptors (Lipinski definition) is 9. The third kappa shape index (κ3) is 4.86. The summed E-state index contributed by atoms with van der Waals surface area (Å²) in [6, 6.07) is 12.1. The summed E-state index contributed by atoms with van der Waals surface area (Å²) in [6.45, 7) is 3.01. The molecule has 1 fully saturated rings. The zero-order valence-corrected chi connectivity index (χ0v) is 20.4. The molecule has 1 saturated heterocycles. The number of rotatable bonds is 7. The SMILES string of the molecule is O=C(Oc1cc2c(c3ccccc13)C(=O)N(CCN1CCOCC1)C(=O)C2)c1ccc(CO)c([N+](=O)[O-])c1. The molecule has 0 unspecified atom stereocenters. The minimum absolute atomic E-state index is 0.0315. The molecular formula is C27H25N3O8. The summed E-state index contributed by atoms with van der Waals surface area (Å²) < 4.78 is 11.0. The van der Waals surface area contributed by atoms with Crippen molar-refractivity contribution in [1.29, 1.82) is 0 Å². The zero-order valence-electron chi connectivity index (χ0n) is 20.4. The zero-order chi connectivity index (χ0) is 26.8. The lowest BCUT2D eigenvalue weighted by molar-refractivity contribution is -0.385. The predicted octanol–water partition coefficient (Wildman–Crippen LogP) is 2.32. The minimum atomic E-state index is -0.844. The predicted molar refractivity (Wildman–Crippen MR) is 135 cm³/mol. The maximum absolute atomic E-state index is 13.5. The van der Waals surface area contributed by atoms with Crippen molar-refractivity contribution >= 4 is 34.2 Å². The first-order chi connectivity index (χ1) is 18.4. The van der Waals surface area contributed by atoms with Crippen molar-refractivity contribution in [3.63, 3.8) is 0 Å². The summed E-state index contributed by atoms with van der Waals surface area (Å²) in [5.74, 6) is -1.43. The van der Waals surface area contributed by atoms with Crippen LogP contribution in [0.5, 0.6) is 5.75 Å². The van der Waals surface area contributed by atoms with Gasteiger partial charge in [0.25, 0.3) is 11.6 Å². The van der Waals surface area contributed by atoms with Gasteiger partial charge in [0.1, 0.15) is 5.75 Å². The molecule has 3 aromatic rings. The largest absolute Gasteiger partial charge is 0.422 e. The fourth-order valence-electron chi connectivity index (χ4n) is 4.83. The van der Waals surface area contributed by atoms with Gasteiger partial charge in [-0.15, -0.1) is 0 Å². The Morgan fingerprint density at radius 2 is 1.79 bits per heavy atom. The van der Waals surface area contributed by atoms with Gasteiger partial charge in [-0.25, -0.2) is 4.79 Å². The Kier molecular flexibility index (Phi) is 7.14. The van der Waals surface area contributed by atoms with E-state index in [1.54, 1.807) is 24.3 Å². The van der Waals surface area contributed by atoms with E-state index in [-0.39, 0.29) is 35.7 Å². The molecule has 196 valence electrons. The fraction of sp³-hybridized carbons (Fsp3) is 0.296. The van der Waals surface area contributed by atoms with Crippen LogP contribution >= 0.6 is 0 Å². The number of aliphatic hydroxyl groups excluding tert-OH is 1. The van der Waals surface area contributed by atoms with Crippen LogP contribution in [0.15, 0.2) is 48.5 Å². The summed E-state index contributed by atoms with van der Waals surface area (Å²) in [5.41, 5.74) is 0.444. The van der Waals surface area contributed by atoms with Gasteiger partial charge in [0.15, 0.2) is 0 Å². The van der Waals surface area contributed by atoms with Gasteiger partial charge in [0.2, 0.25) is 5.91 Å². The third-order valence-corrected chi connectivity index (χ3v) is 6.82. The third-order valence-electron chi connectivity index (χ3n) is 6.82. The highest BCUT2D eigenvalue weighted by molar-refractivity contribution is 6.17. The van der Waals surface area contributed by atoms with Crippen LogP contribution in [0.2, 0.25) is 0 Å². The summed E-state index contributed by atoms with van der Waals surface area (Å²) in [7, 11) is 0. The number of fused-ring (bicyclic) bond motifs is 3. The number of amides is 2. The van der Waals surface area contributed by atoms with E-state index in [0.29, 0.717) is 41.7 Å². The van der Waals surface area contributed by atoms with Crippen LogP contribution < -0.4 is 4.74 Å². The van der Waals surface area contributed by atoms with Crippen molar-refractivity contribution < 1.29 is 33.9 Å². The van der Waals surface area contributed by atoms with Gasteiger partial charge in [0, 0.05) is 37.6 Å². The summed E-state index contributed by atoms with van der Waals surface area (Å²) in [5, 5.41) is 21.7. The second-order valence-electron chi connectivity index (χ2n) is 9.08. The number of hydrogen-bond donors (Lipinski definition) is 1. The number of aliphatic hydroxyl groups is 1. The van der Waals surface area contributed by atoms with Crippen LogP contribution in [0.1, 0.15) is 31.8 Å². The van der Waals surface area contributed by atoms with Gasteiger partial charge in [-0.2, -0.15) is 0 Å². The Morgan fingerprint density at radius 1 is 1.05 bits per heavy atom. The maximum Gasteiger partial charge on any atom is 0.343 e. The van der Waals surface area contributed by atoms with Crippen molar-refractivity contribution in [2.45, 2.75) is 13.0 Å². The monoisotopic (exact) mass is 519 g/mol. The van der Waals surface area contributed by atoms with Crippen LogP contribution in [-0.4, -0.2) is 77.0 Å². The number of nitro benzene ring substituents is 1. The second-order valence-corrected chi connectivity index (χ2v) is 9.08. The molecule has 0 radical (unpaired) electrons. The lowest BCUT2D eigenvalue weighted by Gasteiger charge is -2.32. The first-order valence-corrected chi connectivity index (χ1v) is 12.2. The van der Waals surface area contributed by atoms with E-state index in [9.17, 15) is 29.6 Å². The smallest absolute Gasteiger partial charge is 0.343 e. The molecule has 0 aliphatic carbocycles. The van der Waals surface area contributed by atoms with Crippen LogP contribution in [-0.2, 0) is 22.6 Å². The number of benzene rings is 3. The van der Waals surface area contributed by atoms with Gasteiger partial charge in [-0.3, -0.25) is 29.5 Å². The van der Waals surface area contributed by atoms with Crippen molar-refractivity contribution in [2.75, 3.05) is 39.4 Å². The Labute approximate surface area is 217 Å². The first-order valence-electron chi connectivity index (χ1n) is 12.2. The Morgan fingerprint density at radius 3 is 2.50 bits per heavy atom. The van der Waals surface area contributed by atoms with Gasteiger partial charge in [-0.1, -0.05) is 24.3 Å². The number of nitro groups is 1. The minimum Gasteiger partial charge on any atom is -0.422 e. The average molecular weight is 520 g/mol. The molecule has 0 saturated carbocycles. The number of nitrogens with zero attached hydrogens (tertiary/aromatic N) is 3. The standard InChI is InChI=1S/C27H25N3O8/c31-16-18-6-5-17(13-22(18)30(35)36)27(34)38-23-14-19-15-24(32)29(8-7-28-9-11-37-12-10-28)26(33)25(19)21-4-2-1-3-20(21)23/h1-6,13-14,31H,7-12,15-16H2. The molecule has 2 heterocycles. The number of morpholine rings is 1. The summed E-state index contributed by atoms with van der Waals surface area (Å²) >= 11 is 0. The van der Waals surface area contributed by atoms with Crippen molar-refractivity contribution in [3.05, 3.63) is 80.9 Å². The van der Waals surface area contributed by atoms with E-state index in [1.807, 2.05) is 0 Å². The Balaban J connectivity index is 1.45. The van der Waals surface area contributed by atoms with Crippen LogP contribution in [0.4, 0.5) is 5.69 Å². The van der Waals surface area contributed by atoms with E-state index < -0.39 is 29.1 Å². The molecule has 1 N–H and O–H groups in total. The lowest BCUT2D eigenvalue weighted by atomic mass is 9.92. The summed E-state index contributed by atoms with van der Waals surface area (Å²) in [6.07, 6.45) is -0.0315. The maximum atomic E-state index is 13.5. The Hall–Kier alpha value is -4.19. The van der Waals surface area contributed by atoms with E-state index in [0.717, 1.165) is 19.2 Å². The molecule has 0 spiro atoms. The van der Waals surface area contributed by atoms with Crippen LogP contribution in [0, 0.1) is 10.1 Å². The van der Waals surface area contributed by atoms with Crippen LogP contribution in [0.25, 0.3) is 10.8 Å². The number of imide groups is 1. The molecule has 11 heteroatoms. The molecule has 2 aliphatic rings. The molecule has 2 amide bonds. The highest BCUT2D eigenvalue weighted by Crippen LogP contribution is 2.35. The Bertz CT molecular complexity index is 1450. The summed E-state index contributed by atoms with van der Waals surface area (Å²) in [4.78, 5) is 53.5. The quantitative estimate of drug-likeness (QED) is 0.164. The highest BCUT2D eigenvalue weighted by Gasteiger charge is 2.34. The second kappa shape index (κ2) is 10.7. The highest BCUT2D eigenvalue weighted by atomic mass is 16.6. The average Bonchev–Trinajstić information content (AvgIpc) is 2.92. The molecule has 38 heavy (non-hydrogen) atoms. The first kappa shape index (κ1) is 25.5. The van der Waals surface area contributed by atoms with E-state index in [4.69, 9.17) is 9.47 Å². The molecule has 0 atom stereocenters. The van der Waals surface area contributed by atoms with E-state index in [2.05, 4.69) is 4.90 Å². The van der Waals surface area contributed by atoms with Crippen molar-refractivity contribution in [2.24, 2.45) is 0 Å². The number of esters is 1. The molecule has 2 aliphatic heterocycles. The topological polar surface area (TPSA) is 140 Å². The van der Waals surface area contributed by atoms with Crippen molar-refractivity contribution in [3.8, 4) is 5.75 Å². The van der Waals surface area contributed by atoms with Gasteiger partial charge < -0.3 is 14.6 Å². The molecule has 0 bridgehead atoms. The number of carbonyl (C=O) groups excluding carboxylic acids is 3. The molecule has 0 aromatic heterocycles. The van der Waals surface area contributed by atoms with Crippen molar-refractivity contribution in [1.82, 2.24) is 9.80 Å². The molecule has 3 aromatic carbocycles. The van der Waals surface area contributed by atoms with Gasteiger partial charge >= 0.3 is 5.97 Å². The molecule has 11 nitrogen and oxygen atoms in total. The fourth-order valence-corrected chi connectivity index (χ4v) is 4.83. The molecular weight excluding hydrogens is 494 g/mol. The van der Waals surface area contributed by atoms with E-state index >= 15 is 0 Å². The molecule has 5 rings (SSSR count). The van der Waals surface area contributed by atoms with Gasteiger partial charge in [0.05, 0.1) is 47.9 Å².